The van der Waals surface area contributed by atoms with E-state index in [2.05, 4.69) is 5.32 Å². The highest BCUT2D eigenvalue weighted by molar-refractivity contribution is 5.88. The number of halogens is 1. The lowest BCUT2D eigenvalue weighted by atomic mass is 10.1. The molecule has 1 aromatic carbocycles. The first-order valence-electron chi connectivity index (χ1n) is 7.03. The molecule has 0 aliphatic carbocycles. The second kappa shape index (κ2) is 8.53. The number of rotatable bonds is 7. The Labute approximate surface area is 132 Å². The topological polar surface area (TPSA) is 68.5 Å². The van der Waals surface area contributed by atoms with Gasteiger partial charge in [0.2, 0.25) is 0 Å². The Hall–Kier alpha value is -2.89. The quantitative estimate of drug-likeness (QED) is 0.628. The monoisotopic (exact) mass is 317 g/mol. The first-order chi connectivity index (χ1) is 11.1. The third kappa shape index (κ3) is 6.17. The van der Waals surface area contributed by atoms with Crippen LogP contribution in [0.3, 0.4) is 0 Å². The van der Waals surface area contributed by atoms with Crippen LogP contribution in [0.5, 0.6) is 0 Å². The van der Waals surface area contributed by atoms with Crippen LogP contribution in [0.15, 0.2) is 53.2 Å². The third-order valence-corrected chi connectivity index (χ3v) is 2.92. The van der Waals surface area contributed by atoms with Crippen molar-refractivity contribution in [3.8, 4) is 0 Å². The minimum atomic E-state index is -0.630. The van der Waals surface area contributed by atoms with Crippen LogP contribution < -0.4 is 5.32 Å². The Morgan fingerprint density at radius 1 is 1.22 bits per heavy atom. The van der Waals surface area contributed by atoms with Crippen molar-refractivity contribution in [2.75, 3.05) is 13.2 Å². The molecule has 0 fully saturated rings. The highest BCUT2D eigenvalue weighted by Crippen LogP contribution is 2.03. The van der Waals surface area contributed by atoms with Crippen LogP contribution >= 0.6 is 0 Å². The number of benzene rings is 1. The number of amides is 1. The number of furan rings is 1. The molecule has 1 aromatic heterocycles. The van der Waals surface area contributed by atoms with Crippen molar-refractivity contribution in [1.82, 2.24) is 5.32 Å². The standard InChI is InChI=1S/C17H16FNO4/c18-14-5-3-13(4-6-14)9-10-19-16(20)12-23-17(21)8-7-15-2-1-11-22-15/h1-8,11H,9-10,12H2,(H,19,20)/b8-7+. The van der Waals surface area contributed by atoms with E-state index < -0.39 is 11.9 Å². The maximum atomic E-state index is 12.7. The van der Waals surface area contributed by atoms with Crippen LogP contribution in [0.1, 0.15) is 11.3 Å². The van der Waals surface area contributed by atoms with Gasteiger partial charge in [0.05, 0.1) is 6.26 Å². The highest BCUT2D eigenvalue weighted by Gasteiger charge is 2.05. The molecule has 0 atom stereocenters. The van der Waals surface area contributed by atoms with Crippen LogP contribution in [0.25, 0.3) is 6.08 Å². The number of hydrogen-bond donors (Lipinski definition) is 1. The van der Waals surface area contributed by atoms with Crippen molar-refractivity contribution in [1.29, 1.82) is 0 Å². The van der Waals surface area contributed by atoms with Crippen LogP contribution in [-0.4, -0.2) is 25.0 Å². The summed E-state index contributed by atoms with van der Waals surface area (Å²) in [5.41, 5.74) is 0.907. The number of nitrogens with one attached hydrogen (secondary N) is 1. The Bertz CT molecular complexity index is 662. The molecule has 0 aliphatic rings. The van der Waals surface area contributed by atoms with Crippen molar-refractivity contribution in [2.24, 2.45) is 0 Å². The molecule has 0 bridgehead atoms. The van der Waals surface area contributed by atoms with E-state index in [1.54, 1.807) is 24.3 Å². The molecule has 6 heteroatoms. The molecule has 5 nitrogen and oxygen atoms in total. The van der Waals surface area contributed by atoms with E-state index >= 15 is 0 Å². The second-order valence-corrected chi connectivity index (χ2v) is 4.68. The van der Waals surface area contributed by atoms with Crippen molar-refractivity contribution in [2.45, 2.75) is 6.42 Å². The summed E-state index contributed by atoms with van der Waals surface area (Å²) in [6.07, 6.45) is 4.69. The second-order valence-electron chi connectivity index (χ2n) is 4.68. The summed E-state index contributed by atoms with van der Waals surface area (Å²) in [7, 11) is 0. The predicted octanol–water partition coefficient (Wildman–Crippen LogP) is 2.33. The summed E-state index contributed by atoms with van der Waals surface area (Å²) in [6.45, 7) is 0.0228. The van der Waals surface area contributed by atoms with E-state index in [9.17, 15) is 14.0 Å². The van der Waals surface area contributed by atoms with Gasteiger partial charge in [-0.25, -0.2) is 9.18 Å². The van der Waals surface area contributed by atoms with Crippen molar-refractivity contribution in [3.05, 3.63) is 65.9 Å². The summed E-state index contributed by atoms with van der Waals surface area (Å²) in [4.78, 5) is 22.9. The van der Waals surface area contributed by atoms with E-state index in [0.29, 0.717) is 18.7 Å². The van der Waals surface area contributed by atoms with E-state index in [-0.39, 0.29) is 12.4 Å². The van der Waals surface area contributed by atoms with Gasteiger partial charge in [-0.3, -0.25) is 4.79 Å². The van der Waals surface area contributed by atoms with Gasteiger partial charge in [-0.2, -0.15) is 0 Å². The van der Waals surface area contributed by atoms with Gasteiger partial charge in [0.1, 0.15) is 11.6 Å². The molecule has 120 valence electrons. The first-order valence-corrected chi connectivity index (χ1v) is 7.03. The van der Waals surface area contributed by atoms with E-state index in [1.807, 2.05) is 0 Å². The SMILES string of the molecule is O=C(COC(=O)/C=C/c1ccco1)NCCc1ccc(F)cc1. The fourth-order valence-electron chi connectivity index (χ4n) is 1.77. The zero-order valence-electron chi connectivity index (χ0n) is 12.3. The lowest BCUT2D eigenvalue weighted by molar-refractivity contribution is -0.143. The summed E-state index contributed by atoms with van der Waals surface area (Å²) >= 11 is 0. The van der Waals surface area contributed by atoms with Gasteiger partial charge in [0, 0.05) is 12.6 Å². The number of esters is 1. The molecule has 2 aromatic rings. The molecule has 0 saturated heterocycles. The van der Waals surface area contributed by atoms with Gasteiger partial charge >= 0.3 is 5.97 Å². The Morgan fingerprint density at radius 2 is 2.00 bits per heavy atom. The van der Waals surface area contributed by atoms with E-state index in [0.717, 1.165) is 5.56 Å². The predicted molar refractivity (Wildman–Crippen MR) is 81.8 cm³/mol. The Balaban J connectivity index is 1.63. The molecular formula is C17H16FNO4. The molecule has 0 saturated carbocycles. The van der Waals surface area contributed by atoms with E-state index in [1.165, 1.54) is 30.5 Å². The highest BCUT2D eigenvalue weighted by atomic mass is 19.1. The number of hydrogen-bond acceptors (Lipinski definition) is 4. The zero-order chi connectivity index (χ0) is 16.5. The third-order valence-electron chi connectivity index (χ3n) is 2.92. The minimum Gasteiger partial charge on any atom is -0.465 e. The lowest BCUT2D eigenvalue weighted by Gasteiger charge is -2.05. The van der Waals surface area contributed by atoms with Crippen LogP contribution in [0.2, 0.25) is 0 Å². The maximum absolute atomic E-state index is 12.7. The zero-order valence-corrected chi connectivity index (χ0v) is 12.3. The van der Waals surface area contributed by atoms with Crippen LogP contribution in [-0.2, 0) is 20.7 Å². The van der Waals surface area contributed by atoms with Gasteiger partial charge in [0.15, 0.2) is 6.61 Å². The van der Waals surface area contributed by atoms with Crippen LogP contribution in [0.4, 0.5) is 4.39 Å². The van der Waals surface area contributed by atoms with E-state index in [4.69, 9.17) is 9.15 Å². The first kappa shape index (κ1) is 16.5. The van der Waals surface area contributed by atoms with Gasteiger partial charge in [-0.05, 0) is 42.3 Å². The maximum Gasteiger partial charge on any atom is 0.331 e. The molecular weight excluding hydrogens is 301 g/mol. The molecule has 23 heavy (non-hydrogen) atoms. The van der Waals surface area contributed by atoms with Crippen molar-refractivity contribution < 1.29 is 23.1 Å². The molecule has 1 amide bonds. The fraction of sp³-hybridized carbons (Fsp3) is 0.176. The summed E-state index contributed by atoms with van der Waals surface area (Å²) in [5.74, 6) is -0.806. The lowest BCUT2D eigenvalue weighted by Crippen LogP contribution is -2.30. The molecule has 0 radical (unpaired) electrons. The van der Waals surface area contributed by atoms with Crippen LogP contribution in [0, 0.1) is 5.82 Å². The molecule has 0 spiro atoms. The minimum absolute atomic E-state index is 0.299. The van der Waals surface area contributed by atoms with Gasteiger partial charge in [-0.15, -0.1) is 0 Å². The molecule has 2 rings (SSSR count). The molecule has 0 aliphatic heterocycles. The molecule has 0 unspecified atom stereocenters. The fourth-order valence-corrected chi connectivity index (χ4v) is 1.77. The smallest absolute Gasteiger partial charge is 0.331 e. The molecule has 1 heterocycles. The van der Waals surface area contributed by atoms with Crippen molar-refractivity contribution in [3.63, 3.8) is 0 Å². The number of carbonyl (C=O) groups excluding carboxylic acids is 2. The Morgan fingerprint density at radius 3 is 2.70 bits per heavy atom. The molecule has 1 N–H and O–H groups in total. The normalized spacial score (nSPS) is 10.7. The van der Waals surface area contributed by atoms with Gasteiger partial charge < -0.3 is 14.5 Å². The average molecular weight is 317 g/mol. The Kier molecular flexibility index (Phi) is 6.11. The summed E-state index contributed by atoms with van der Waals surface area (Å²) < 4.78 is 22.5. The van der Waals surface area contributed by atoms with Gasteiger partial charge in [0.25, 0.3) is 5.91 Å². The number of carbonyl (C=O) groups is 2. The van der Waals surface area contributed by atoms with Gasteiger partial charge in [-0.1, -0.05) is 12.1 Å². The largest absolute Gasteiger partial charge is 0.465 e. The van der Waals surface area contributed by atoms with Crippen molar-refractivity contribution >= 4 is 18.0 Å². The summed E-state index contributed by atoms with van der Waals surface area (Å²) in [5, 5.41) is 2.62. The number of ether oxygens (including phenoxy) is 1. The average Bonchev–Trinajstić information content (AvgIpc) is 3.06. The summed E-state index contributed by atoms with van der Waals surface area (Å²) in [6, 6.07) is 9.42.